The molecule has 6 heteroatoms. The molecule has 1 heterocycles. The van der Waals surface area contributed by atoms with Crippen LogP contribution in [0.4, 0.5) is 0 Å². The third kappa shape index (κ3) is 4.06. The fourth-order valence-electron chi connectivity index (χ4n) is 3.52. The number of hydrogen-bond acceptors (Lipinski definition) is 5. The van der Waals surface area contributed by atoms with Gasteiger partial charge in [0.05, 0.1) is 13.0 Å². The zero-order valence-electron chi connectivity index (χ0n) is 15.8. The number of ether oxygens (including phenoxy) is 1. The van der Waals surface area contributed by atoms with E-state index in [1.807, 2.05) is 19.1 Å². The molecule has 1 saturated carbocycles. The summed E-state index contributed by atoms with van der Waals surface area (Å²) in [7, 11) is 0. The van der Waals surface area contributed by atoms with E-state index in [1.54, 1.807) is 6.92 Å². The average Bonchev–Trinajstić information content (AvgIpc) is 3.07. The Kier molecular flexibility index (Phi) is 5.59. The summed E-state index contributed by atoms with van der Waals surface area (Å²) < 4.78 is 11.0. The van der Waals surface area contributed by atoms with Gasteiger partial charge in [0.15, 0.2) is 5.82 Å². The lowest BCUT2D eigenvalue weighted by Gasteiger charge is -2.35. The smallest absolute Gasteiger partial charge is 0.224 e. The molecule has 1 aliphatic carbocycles. The molecule has 3 rings (SSSR count). The fraction of sp³-hybridized carbons (Fsp3) is 0.550. The van der Waals surface area contributed by atoms with Gasteiger partial charge in [-0.15, -0.1) is 0 Å². The highest BCUT2D eigenvalue weighted by Crippen LogP contribution is 2.35. The number of nitrogens with zero attached hydrogens (tertiary/aromatic N) is 2. The highest BCUT2D eigenvalue weighted by molar-refractivity contribution is 5.77. The fourth-order valence-corrected chi connectivity index (χ4v) is 3.52. The maximum absolute atomic E-state index is 12.6. The molecule has 1 amide bonds. The largest absolute Gasteiger partial charge is 0.493 e. The molecule has 26 heavy (non-hydrogen) atoms. The van der Waals surface area contributed by atoms with Gasteiger partial charge in [-0.1, -0.05) is 36.6 Å². The monoisotopic (exact) mass is 357 g/mol. The maximum Gasteiger partial charge on any atom is 0.224 e. The van der Waals surface area contributed by atoms with Crippen molar-refractivity contribution in [1.29, 1.82) is 0 Å². The number of aromatic nitrogens is 2. The number of hydrogen-bond donors (Lipinski definition) is 1. The van der Waals surface area contributed by atoms with E-state index < -0.39 is 5.54 Å². The van der Waals surface area contributed by atoms with Crippen LogP contribution in [-0.4, -0.2) is 22.7 Å². The summed E-state index contributed by atoms with van der Waals surface area (Å²) in [5.41, 5.74) is 1.78. The second-order valence-corrected chi connectivity index (χ2v) is 7.12. The van der Waals surface area contributed by atoms with Crippen LogP contribution in [0.5, 0.6) is 5.75 Å². The van der Waals surface area contributed by atoms with E-state index in [2.05, 4.69) is 28.4 Å². The number of nitrogens with one attached hydrogen (secondary N) is 1. The zero-order chi connectivity index (χ0) is 18.6. The Labute approximate surface area is 154 Å². The van der Waals surface area contributed by atoms with Crippen molar-refractivity contribution in [3.63, 3.8) is 0 Å². The Hall–Kier alpha value is -2.37. The highest BCUT2D eigenvalue weighted by Gasteiger charge is 2.39. The number of amides is 1. The van der Waals surface area contributed by atoms with Gasteiger partial charge in [-0.2, -0.15) is 4.98 Å². The van der Waals surface area contributed by atoms with Gasteiger partial charge >= 0.3 is 0 Å². The van der Waals surface area contributed by atoms with Crippen LogP contribution in [0.1, 0.15) is 61.4 Å². The van der Waals surface area contributed by atoms with E-state index >= 15 is 0 Å². The van der Waals surface area contributed by atoms with Crippen LogP contribution in [-0.2, 0) is 10.3 Å². The van der Waals surface area contributed by atoms with Crippen LogP contribution >= 0.6 is 0 Å². The molecule has 0 radical (unpaired) electrons. The lowest BCUT2D eigenvalue weighted by atomic mass is 9.81. The van der Waals surface area contributed by atoms with E-state index in [1.165, 1.54) is 12.0 Å². The number of benzene rings is 1. The molecular formula is C20H27N3O3. The van der Waals surface area contributed by atoms with Crippen molar-refractivity contribution in [2.45, 2.75) is 64.8 Å². The molecular weight excluding hydrogens is 330 g/mol. The molecule has 2 aromatic rings. The third-order valence-electron chi connectivity index (χ3n) is 5.18. The van der Waals surface area contributed by atoms with Gasteiger partial charge in [0.1, 0.15) is 11.3 Å². The summed E-state index contributed by atoms with van der Waals surface area (Å²) in [6, 6.07) is 5.95. The van der Waals surface area contributed by atoms with E-state index in [0.717, 1.165) is 37.0 Å². The van der Waals surface area contributed by atoms with Crippen LogP contribution < -0.4 is 10.1 Å². The molecule has 1 aliphatic rings. The molecule has 140 valence electrons. The van der Waals surface area contributed by atoms with Gasteiger partial charge in [-0.05, 0) is 43.9 Å². The molecule has 0 bridgehead atoms. The first-order valence-electron chi connectivity index (χ1n) is 9.31. The van der Waals surface area contributed by atoms with Gasteiger partial charge in [-0.3, -0.25) is 4.79 Å². The third-order valence-corrected chi connectivity index (χ3v) is 5.18. The minimum absolute atomic E-state index is 0.0420. The van der Waals surface area contributed by atoms with Crippen molar-refractivity contribution >= 4 is 5.91 Å². The summed E-state index contributed by atoms with van der Waals surface area (Å²) in [5, 5.41) is 7.25. The Morgan fingerprint density at radius 3 is 2.69 bits per heavy atom. The summed E-state index contributed by atoms with van der Waals surface area (Å²) in [6.07, 6.45) is 5.25. The van der Waals surface area contributed by atoms with Crippen LogP contribution in [0.25, 0.3) is 0 Å². The van der Waals surface area contributed by atoms with Crippen LogP contribution in [0.3, 0.4) is 0 Å². The van der Waals surface area contributed by atoms with E-state index in [0.29, 0.717) is 24.7 Å². The van der Waals surface area contributed by atoms with Crippen molar-refractivity contribution in [3.8, 4) is 5.75 Å². The quantitative estimate of drug-likeness (QED) is 0.852. The molecule has 0 unspecified atom stereocenters. The van der Waals surface area contributed by atoms with Gasteiger partial charge in [-0.25, -0.2) is 0 Å². The zero-order valence-corrected chi connectivity index (χ0v) is 15.8. The van der Waals surface area contributed by atoms with Crippen molar-refractivity contribution in [2.75, 3.05) is 6.61 Å². The SMILES string of the molecule is Cc1nc(C2(NC(=O)CCOc3cccc(C)c3C)CCCCC2)no1. The van der Waals surface area contributed by atoms with Gasteiger partial charge in [0.25, 0.3) is 0 Å². The van der Waals surface area contributed by atoms with Crippen LogP contribution in [0.2, 0.25) is 0 Å². The predicted molar refractivity (Wildman–Crippen MR) is 98.0 cm³/mol. The first-order chi connectivity index (χ1) is 12.5. The summed E-state index contributed by atoms with van der Waals surface area (Å²) >= 11 is 0. The van der Waals surface area contributed by atoms with E-state index in [4.69, 9.17) is 9.26 Å². The van der Waals surface area contributed by atoms with Crippen molar-refractivity contribution in [3.05, 3.63) is 41.0 Å². The molecule has 0 aliphatic heterocycles. The van der Waals surface area contributed by atoms with Crippen molar-refractivity contribution < 1.29 is 14.1 Å². The predicted octanol–water partition coefficient (Wildman–Crippen LogP) is 3.74. The van der Waals surface area contributed by atoms with Crippen LogP contribution in [0.15, 0.2) is 22.7 Å². The molecule has 0 atom stereocenters. The normalized spacial score (nSPS) is 16.3. The van der Waals surface area contributed by atoms with Gasteiger partial charge in [0, 0.05) is 6.92 Å². The minimum Gasteiger partial charge on any atom is -0.493 e. The lowest BCUT2D eigenvalue weighted by Crippen LogP contribution is -2.48. The molecule has 1 N–H and O–H groups in total. The standard InChI is InChI=1S/C20H27N3O3/c1-14-8-7-9-17(15(14)2)25-13-10-18(24)22-20(11-5-4-6-12-20)19-21-16(3)26-23-19/h7-9H,4-6,10-13H2,1-3H3,(H,22,24). The van der Waals surface area contributed by atoms with E-state index in [-0.39, 0.29) is 5.91 Å². The second kappa shape index (κ2) is 7.89. The first-order valence-corrected chi connectivity index (χ1v) is 9.31. The Morgan fingerprint density at radius 1 is 1.23 bits per heavy atom. The Balaban J connectivity index is 1.61. The molecule has 6 nitrogen and oxygen atoms in total. The van der Waals surface area contributed by atoms with Crippen molar-refractivity contribution in [2.24, 2.45) is 0 Å². The molecule has 0 spiro atoms. The molecule has 1 aromatic heterocycles. The summed E-state index contributed by atoms with van der Waals surface area (Å²) in [5.74, 6) is 1.91. The Morgan fingerprint density at radius 2 is 2.00 bits per heavy atom. The van der Waals surface area contributed by atoms with Crippen LogP contribution in [0, 0.1) is 20.8 Å². The summed E-state index contributed by atoms with van der Waals surface area (Å²) in [4.78, 5) is 16.9. The average molecular weight is 357 g/mol. The van der Waals surface area contributed by atoms with Gasteiger partial charge in [0.2, 0.25) is 11.8 Å². The first kappa shape index (κ1) is 18.4. The van der Waals surface area contributed by atoms with Crippen molar-refractivity contribution in [1.82, 2.24) is 15.5 Å². The minimum atomic E-state index is -0.508. The number of aryl methyl sites for hydroxylation is 2. The Bertz CT molecular complexity index is 763. The maximum atomic E-state index is 12.6. The molecule has 0 saturated heterocycles. The van der Waals surface area contributed by atoms with Gasteiger partial charge < -0.3 is 14.6 Å². The number of carbonyl (C=O) groups excluding carboxylic acids is 1. The molecule has 1 aromatic carbocycles. The molecule has 1 fully saturated rings. The number of rotatable bonds is 6. The number of carbonyl (C=O) groups is 1. The van der Waals surface area contributed by atoms with E-state index in [9.17, 15) is 4.79 Å². The topological polar surface area (TPSA) is 77.2 Å². The second-order valence-electron chi connectivity index (χ2n) is 7.12. The summed E-state index contributed by atoms with van der Waals surface area (Å²) in [6.45, 7) is 6.19. The lowest BCUT2D eigenvalue weighted by molar-refractivity contribution is -0.124. The highest BCUT2D eigenvalue weighted by atomic mass is 16.5.